The van der Waals surface area contributed by atoms with E-state index in [2.05, 4.69) is 20.2 Å². The third-order valence-electron chi connectivity index (χ3n) is 3.23. The lowest BCUT2D eigenvalue weighted by Crippen LogP contribution is -2.16. The molecule has 7 nitrogen and oxygen atoms in total. The number of benzene rings is 2. The molecule has 3 rings (SSSR count). The third-order valence-corrected chi connectivity index (χ3v) is 5.60. The molecule has 0 aliphatic heterocycles. The summed E-state index contributed by atoms with van der Waals surface area (Å²) in [6, 6.07) is 12.0. The Balaban J connectivity index is 1.82. The Morgan fingerprint density at radius 2 is 1.88 bits per heavy atom. The van der Waals surface area contributed by atoms with Crippen molar-refractivity contribution in [3.63, 3.8) is 0 Å². The van der Waals surface area contributed by atoms with E-state index >= 15 is 0 Å². The highest BCUT2D eigenvalue weighted by Gasteiger charge is 2.17. The van der Waals surface area contributed by atoms with E-state index in [1.165, 1.54) is 41.7 Å². The quantitative estimate of drug-likeness (QED) is 0.672. The molecular formula is C16H13ClN4O3S2. The summed E-state index contributed by atoms with van der Waals surface area (Å²) in [6.07, 6.45) is 0. The lowest BCUT2D eigenvalue weighted by Gasteiger charge is -2.09. The number of carbonyl (C=O) groups is 1. The summed E-state index contributed by atoms with van der Waals surface area (Å²) in [4.78, 5) is 12.3. The van der Waals surface area contributed by atoms with Gasteiger partial charge in [-0.25, -0.2) is 8.42 Å². The number of carbonyl (C=O) groups excluding carboxylic acids is 1. The number of sulfonamides is 1. The van der Waals surface area contributed by atoms with Crippen LogP contribution in [0.4, 0.5) is 10.8 Å². The standard InChI is InChI=1S/C16H13ClN4O3S2/c1-10-19-20-16(25-10)18-15(22)11-4-2-7-14(8-11)26(23,24)21-13-6-3-5-12(17)9-13/h2-9,21H,1H3,(H,18,20,22). The summed E-state index contributed by atoms with van der Waals surface area (Å²) in [5.41, 5.74) is 0.517. The normalized spacial score (nSPS) is 11.2. The molecule has 0 bridgehead atoms. The molecule has 0 radical (unpaired) electrons. The topological polar surface area (TPSA) is 101 Å². The molecule has 1 aromatic heterocycles. The van der Waals surface area contributed by atoms with Crippen molar-refractivity contribution in [3.05, 3.63) is 64.1 Å². The Morgan fingerprint density at radius 1 is 1.12 bits per heavy atom. The smallest absolute Gasteiger partial charge is 0.261 e. The van der Waals surface area contributed by atoms with E-state index in [9.17, 15) is 13.2 Å². The van der Waals surface area contributed by atoms with Gasteiger partial charge in [0.15, 0.2) is 0 Å². The first-order valence-electron chi connectivity index (χ1n) is 7.33. The molecule has 0 atom stereocenters. The number of aromatic nitrogens is 2. The average Bonchev–Trinajstić information content (AvgIpc) is 2.99. The van der Waals surface area contributed by atoms with E-state index in [1.54, 1.807) is 25.1 Å². The second kappa shape index (κ2) is 7.40. The number of rotatable bonds is 5. The molecule has 26 heavy (non-hydrogen) atoms. The summed E-state index contributed by atoms with van der Waals surface area (Å²) in [6.45, 7) is 1.77. The number of amides is 1. The van der Waals surface area contributed by atoms with Crippen molar-refractivity contribution in [1.29, 1.82) is 0 Å². The second-order valence-corrected chi connectivity index (χ2v) is 8.52. The zero-order valence-electron chi connectivity index (χ0n) is 13.4. The molecule has 2 N–H and O–H groups in total. The fourth-order valence-electron chi connectivity index (χ4n) is 2.09. The summed E-state index contributed by atoms with van der Waals surface area (Å²) in [7, 11) is -3.87. The first-order valence-corrected chi connectivity index (χ1v) is 10.0. The molecule has 1 amide bonds. The SMILES string of the molecule is Cc1nnc(NC(=O)c2cccc(S(=O)(=O)Nc3cccc(Cl)c3)c2)s1. The van der Waals surface area contributed by atoms with Gasteiger partial charge in [-0.3, -0.25) is 14.8 Å². The van der Waals surface area contributed by atoms with Gasteiger partial charge in [-0.05, 0) is 43.3 Å². The molecular weight excluding hydrogens is 396 g/mol. The fraction of sp³-hybridized carbons (Fsp3) is 0.0625. The molecule has 2 aromatic carbocycles. The summed E-state index contributed by atoms with van der Waals surface area (Å²) >= 11 is 7.09. The lowest BCUT2D eigenvalue weighted by atomic mass is 10.2. The van der Waals surface area contributed by atoms with Gasteiger partial charge in [0.05, 0.1) is 10.6 Å². The Kier molecular flexibility index (Phi) is 5.21. The summed E-state index contributed by atoms with van der Waals surface area (Å²) < 4.78 is 27.5. The highest BCUT2D eigenvalue weighted by Crippen LogP contribution is 2.21. The molecule has 1 heterocycles. The van der Waals surface area contributed by atoms with Gasteiger partial charge in [-0.15, -0.1) is 10.2 Å². The molecule has 0 unspecified atom stereocenters. The van der Waals surface area contributed by atoms with Gasteiger partial charge >= 0.3 is 0 Å². The number of halogens is 1. The van der Waals surface area contributed by atoms with Gasteiger partial charge in [-0.1, -0.05) is 35.1 Å². The largest absolute Gasteiger partial charge is 0.296 e. The number of hydrogen-bond acceptors (Lipinski definition) is 6. The molecule has 0 fully saturated rings. The van der Waals surface area contributed by atoms with Crippen LogP contribution in [-0.4, -0.2) is 24.5 Å². The van der Waals surface area contributed by atoms with Crippen molar-refractivity contribution in [2.75, 3.05) is 10.0 Å². The zero-order chi connectivity index (χ0) is 18.7. The van der Waals surface area contributed by atoms with Crippen LogP contribution in [0.3, 0.4) is 0 Å². The van der Waals surface area contributed by atoms with Crippen molar-refractivity contribution >= 4 is 49.7 Å². The van der Waals surface area contributed by atoms with Crippen LogP contribution in [0.5, 0.6) is 0 Å². The zero-order valence-corrected chi connectivity index (χ0v) is 15.8. The molecule has 0 saturated heterocycles. The van der Waals surface area contributed by atoms with Gasteiger partial charge in [0.2, 0.25) is 5.13 Å². The van der Waals surface area contributed by atoms with Crippen LogP contribution in [0.1, 0.15) is 15.4 Å². The van der Waals surface area contributed by atoms with Crippen molar-refractivity contribution in [1.82, 2.24) is 10.2 Å². The van der Waals surface area contributed by atoms with Gasteiger partial charge in [0.25, 0.3) is 15.9 Å². The maximum Gasteiger partial charge on any atom is 0.261 e. The van der Waals surface area contributed by atoms with Crippen LogP contribution in [-0.2, 0) is 10.0 Å². The molecule has 10 heteroatoms. The van der Waals surface area contributed by atoms with Crippen molar-refractivity contribution in [2.24, 2.45) is 0 Å². The van der Waals surface area contributed by atoms with Crippen LogP contribution >= 0.6 is 22.9 Å². The van der Waals surface area contributed by atoms with E-state index in [0.717, 1.165) is 0 Å². The molecule has 0 saturated carbocycles. The molecule has 0 spiro atoms. The van der Waals surface area contributed by atoms with Crippen LogP contribution in [0.25, 0.3) is 0 Å². The van der Waals surface area contributed by atoms with E-state index in [0.29, 0.717) is 20.8 Å². The Hall–Kier alpha value is -2.49. The molecule has 3 aromatic rings. The second-order valence-electron chi connectivity index (χ2n) is 5.22. The monoisotopic (exact) mass is 408 g/mol. The van der Waals surface area contributed by atoms with Gasteiger partial charge in [-0.2, -0.15) is 0 Å². The number of nitrogens with one attached hydrogen (secondary N) is 2. The van der Waals surface area contributed by atoms with E-state index in [-0.39, 0.29) is 10.5 Å². The minimum Gasteiger partial charge on any atom is -0.296 e. The molecule has 0 aliphatic carbocycles. The Labute approximate surface area is 159 Å². The third kappa shape index (κ3) is 4.37. The maximum absolute atomic E-state index is 12.5. The summed E-state index contributed by atoms with van der Waals surface area (Å²) in [5.74, 6) is -0.471. The van der Waals surface area contributed by atoms with Gasteiger partial charge in [0, 0.05) is 10.6 Å². The Bertz CT molecular complexity index is 1070. The highest BCUT2D eigenvalue weighted by atomic mass is 35.5. The van der Waals surface area contributed by atoms with Crippen molar-refractivity contribution < 1.29 is 13.2 Å². The minimum atomic E-state index is -3.87. The maximum atomic E-state index is 12.5. The van der Waals surface area contributed by atoms with Crippen molar-refractivity contribution in [3.8, 4) is 0 Å². The van der Waals surface area contributed by atoms with E-state index in [1.807, 2.05) is 0 Å². The molecule has 134 valence electrons. The van der Waals surface area contributed by atoms with Crippen LogP contribution in [0.15, 0.2) is 53.4 Å². The number of hydrogen-bond donors (Lipinski definition) is 2. The van der Waals surface area contributed by atoms with Gasteiger partial charge < -0.3 is 0 Å². The lowest BCUT2D eigenvalue weighted by molar-refractivity contribution is 0.102. The highest BCUT2D eigenvalue weighted by molar-refractivity contribution is 7.92. The van der Waals surface area contributed by atoms with Crippen LogP contribution < -0.4 is 10.0 Å². The van der Waals surface area contributed by atoms with E-state index < -0.39 is 15.9 Å². The van der Waals surface area contributed by atoms with E-state index in [4.69, 9.17) is 11.6 Å². The summed E-state index contributed by atoms with van der Waals surface area (Å²) in [5, 5.41) is 11.7. The Morgan fingerprint density at radius 3 is 2.58 bits per heavy atom. The fourth-order valence-corrected chi connectivity index (χ4v) is 3.96. The van der Waals surface area contributed by atoms with Crippen LogP contribution in [0.2, 0.25) is 5.02 Å². The average molecular weight is 409 g/mol. The predicted octanol–water partition coefficient (Wildman–Crippen LogP) is 3.55. The molecule has 0 aliphatic rings. The number of aryl methyl sites for hydroxylation is 1. The van der Waals surface area contributed by atoms with Crippen molar-refractivity contribution in [2.45, 2.75) is 11.8 Å². The minimum absolute atomic E-state index is 0.0430. The first kappa shape index (κ1) is 18.3. The number of anilines is 2. The van der Waals surface area contributed by atoms with Crippen LogP contribution in [0, 0.1) is 6.92 Å². The predicted molar refractivity (Wildman–Crippen MR) is 101 cm³/mol. The first-order chi connectivity index (χ1) is 12.3. The van der Waals surface area contributed by atoms with Gasteiger partial charge in [0.1, 0.15) is 5.01 Å². The number of nitrogens with zero attached hydrogens (tertiary/aromatic N) is 2.